The number of halogens is 1. The van der Waals surface area contributed by atoms with Crippen LogP contribution in [-0.2, 0) is 4.74 Å². The minimum absolute atomic E-state index is 0.158. The van der Waals surface area contributed by atoms with Gasteiger partial charge in [-0.15, -0.1) is 0 Å². The first-order valence-corrected chi connectivity index (χ1v) is 7.59. The highest BCUT2D eigenvalue weighted by atomic mass is 19.1. The van der Waals surface area contributed by atoms with Gasteiger partial charge in [-0.25, -0.2) is 4.39 Å². The summed E-state index contributed by atoms with van der Waals surface area (Å²) in [7, 11) is 0. The van der Waals surface area contributed by atoms with Crippen LogP contribution in [0, 0.1) is 5.82 Å². The van der Waals surface area contributed by atoms with Crippen molar-refractivity contribution in [2.75, 3.05) is 6.61 Å². The number of carbonyl (C=O) groups excluding carboxylic acids is 1. The fourth-order valence-corrected chi connectivity index (χ4v) is 2.68. The number of ketones is 1. The molecular weight excluding hydrogens is 291 g/mol. The fraction of sp³-hybridized carbons (Fsp3) is 0.150. The van der Waals surface area contributed by atoms with E-state index in [1.54, 1.807) is 6.08 Å². The number of carbonyl (C=O) groups is 1. The van der Waals surface area contributed by atoms with Gasteiger partial charge in [0.05, 0.1) is 0 Å². The first-order chi connectivity index (χ1) is 11.2. The van der Waals surface area contributed by atoms with Crippen LogP contribution in [0.15, 0.2) is 60.7 Å². The van der Waals surface area contributed by atoms with E-state index in [4.69, 9.17) is 4.74 Å². The Labute approximate surface area is 134 Å². The van der Waals surface area contributed by atoms with Crippen LogP contribution in [0.1, 0.15) is 28.4 Å². The highest BCUT2D eigenvalue weighted by molar-refractivity contribution is 6.09. The Kier molecular flexibility index (Phi) is 4.49. The lowest BCUT2D eigenvalue weighted by Gasteiger charge is -2.23. The van der Waals surface area contributed by atoms with E-state index < -0.39 is 0 Å². The van der Waals surface area contributed by atoms with E-state index in [0.717, 1.165) is 16.7 Å². The van der Waals surface area contributed by atoms with Crippen molar-refractivity contribution in [3.63, 3.8) is 0 Å². The summed E-state index contributed by atoms with van der Waals surface area (Å²) in [6.45, 7) is 2.48. The van der Waals surface area contributed by atoms with E-state index in [1.165, 1.54) is 24.3 Å². The molecule has 1 aliphatic carbocycles. The zero-order chi connectivity index (χ0) is 16.2. The molecule has 2 aromatic rings. The van der Waals surface area contributed by atoms with Gasteiger partial charge in [0.15, 0.2) is 5.78 Å². The first kappa shape index (κ1) is 15.4. The van der Waals surface area contributed by atoms with Crippen LogP contribution in [-0.4, -0.2) is 18.5 Å². The molecule has 0 amide bonds. The summed E-state index contributed by atoms with van der Waals surface area (Å²) >= 11 is 0. The maximum absolute atomic E-state index is 13.0. The molecule has 0 fully saturated rings. The molecule has 0 saturated heterocycles. The van der Waals surface area contributed by atoms with Gasteiger partial charge in [-0.2, -0.15) is 0 Å². The van der Waals surface area contributed by atoms with Crippen LogP contribution >= 0.6 is 0 Å². The smallest absolute Gasteiger partial charge is 0.186 e. The molecule has 1 unspecified atom stereocenters. The third kappa shape index (κ3) is 3.30. The molecule has 0 radical (unpaired) electrons. The molecule has 0 aromatic heterocycles. The number of ether oxygens (including phenoxy) is 1. The van der Waals surface area contributed by atoms with Crippen molar-refractivity contribution in [3.8, 4) is 0 Å². The molecule has 23 heavy (non-hydrogen) atoms. The van der Waals surface area contributed by atoms with Gasteiger partial charge in [0.2, 0.25) is 0 Å². The Morgan fingerprint density at radius 3 is 2.65 bits per heavy atom. The van der Waals surface area contributed by atoms with Gasteiger partial charge >= 0.3 is 0 Å². The lowest BCUT2D eigenvalue weighted by atomic mass is 9.89. The van der Waals surface area contributed by atoms with Gasteiger partial charge in [-0.1, -0.05) is 36.4 Å². The summed E-state index contributed by atoms with van der Waals surface area (Å²) in [6.07, 6.45) is 5.31. The molecule has 0 N–H and O–H groups in total. The van der Waals surface area contributed by atoms with Crippen LogP contribution in [0.2, 0.25) is 0 Å². The summed E-state index contributed by atoms with van der Waals surface area (Å²) in [5, 5.41) is 0. The third-order valence-corrected chi connectivity index (χ3v) is 3.79. The van der Waals surface area contributed by atoms with E-state index in [0.29, 0.717) is 12.2 Å². The Bertz CT molecular complexity index is 772. The summed E-state index contributed by atoms with van der Waals surface area (Å²) in [4.78, 5) is 12.5. The second-order valence-corrected chi connectivity index (χ2v) is 5.29. The van der Waals surface area contributed by atoms with E-state index in [9.17, 15) is 9.18 Å². The molecule has 0 aliphatic heterocycles. The monoisotopic (exact) mass is 308 g/mol. The second kappa shape index (κ2) is 6.71. The number of rotatable bonds is 4. The van der Waals surface area contributed by atoms with Gasteiger partial charge < -0.3 is 4.74 Å². The van der Waals surface area contributed by atoms with E-state index in [2.05, 4.69) is 0 Å². The summed E-state index contributed by atoms with van der Waals surface area (Å²) in [5.41, 5.74) is 3.34. The topological polar surface area (TPSA) is 26.3 Å². The highest BCUT2D eigenvalue weighted by Gasteiger charge is 2.21. The number of fused-ring (bicyclic) bond motifs is 1. The van der Waals surface area contributed by atoms with Crippen LogP contribution in [0.3, 0.4) is 0 Å². The molecule has 2 nitrogen and oxygen atoms in total. The minimum Gasteiger partial charge on any atom is -0.370 e. The molecule has 0 heterocycles. The third-order valence-electron chi connectivity index (χ3n) is 3.79. The SMILES string of the molecule is CCOC1C=Cc2ccccc2/C1=C\C(=O)c1ccc(F)cc1. The van der Waals surface area contributed by atoms with Gasteiger partial charge in [0.1, 0.15) is 11.9 Å². The molecule has 3 rings (SSSR count). The molecular formula is C20H17FO2. The molecule has 0 bridgehead atoms. The van der Waals surface area contributed by atoms with Crippen molar-refractivity contribution < 1.29 is 13.9 Å². The summed E-state index contributed by atoms with van der Waals surface area (Å²) in [5.74, 6) is -0.512. The van der Waals surface area contributed by atoms with Crippen molar-refractivity contribution in [3.05, 3.63) is 83.2 Å². The normalized spacial score (nSPS) is 18.0. The van der Waals surface area contributed by atoms with Crippen molar-refractivity contribution >= 4 is 17.4 Å². The molecule has 2 aromatic carbocycles. The average molecular weight is 308 g/mol. The van der Waals surface area contributed by atoms with Gasteiger partial charge in [-0.05, 0) is 54.0 Å². The van der Waals surface area contributed by atoms with Crippen LogP contribution < -0.4 is 0 Å². The van der Waals surface area contributed by atoms with Crippen molar-refractivity contribution in [2.45, 2.75) is 13.0 Å². The Morgan fingerprint density at radius 2 is 1.91 bits per heavy atom. The number of benzene rings is 2. The summed E-state index contributed by atoms with van der Waals surface area (Å²) < 4.78 is 18.8. The Hall–Kier alpha value is -2.52. The molecule has 0 saturated carbocycles. The van der Waals surface area contributed by atoms with E-state index in [1.807, 2.05) is 43.3 Å². The van der Waals surface area contributed by atoms with Gasteiger partial charge in [0.25, 0.3) is 0 Å². The quantitative estimate of drug-likeness (QED) is 0.613. The van der Waals surface area contributed by atoms with Crippen molar-refractivity contribution in [2.24, 2.45) is 0 Å². The van der Waals surface area contributed by atoms with Crippen LogP contribution in [0.5, 0.6) is 0 Å². The maximum atomic E-state index is 13.0. The van der Waals surface area contributed by atoms with Gasteiger partial charge in [0, 0.05) is 12.2 Å². The molecule has 1 aliphatic rings. The fourth-order valence-electron chi connectivity index (χ4n) is 2.68. The largest absolute Gasteiger partial charge is 0.370 e. The predicted molar refractivity (Wildman–Crippen MR) is 89.6 cm³/mol. The van der Waals surface area contributed by atoms with Crippen molar-refractivity contribution in [1.29, 1.82) is 0 Å². The average Bonchev–Trinajstić information content (AvgIpc) is 2.57. The number of hydrogen-bond donors (Lipinski definition) is 0. The van der Waals surface area contributed by atoms with E-state index >= 15 is 0 Å². The van der Waals surface area contributed by atoms with Gasteiger partial charge in [-0.3, -0.25) is 4.79 Å². The van der Waals surface area contributed by atoms with Crippen molar-refractivity contribution in [1.82, 2.24) is 0 Å². The zero-order valence-electron chi connectivity index (χ0n) is 12.8. The number of hydrogen-bond acceptors (Lipinski definition) is 2. The molecule has 1 atom stereocenters. The molecule has 3 heteroatoms. The Balaban J connectivity index is 2.01. The lowest BCUT2D eigenvalue weighted by molar-refractivity contribution is 0.104. The highest BCUT2D eigenvalue weighted by Crippen LogP contribution is 2.31. The lowest BCUT2D eigenvalue weighted by Crippen LogP contribution is -2.17. The minimum atomic E-state index is -0.354. The maximum Gasteiger partial charge on any atom is 0.186 e. The van der Waals surface area contributed by atoms with E-state index in [-0.39, 0.29) is 17.7 Å². The first-order valence-electron chi connectivity index (χ1n) is 7.59. The standard InChI is InChI=1S/C20H17FO2/c1-2-23-20-12-9-14-5-3-4-6-17(14)18(20)13-19(22)15-7-10-16(21)11-8-15/h3-13,20H,2H2,1H3/b18-13+. The van der Waals surface area contributed by atoms with Crippen LogP contribution in [0.25, 0.3) is 11.6 Å². The zero-order valence-corrected chi connectivity index (χ0v) is 12.8. The van der Waals surface area contributed by atoms with Crippen LogP contribution in [0.4, 0.5) is 4.39 Å². The number of allylic oxidation sites excluding steroid dienone is 1. The molecule has 116 valence electrons. The Morgan fingerprint density at radius 1 is 1.17 bits per heavy atom. The molecule has 0 spiro atoms. The summed E-state index contributed by atoms with van der Waals surface area (Å²) in [6, 6.07) is 13.5. The predicted octanol–water partition coefficient (Wildman–Crippen LogP) is 4.52. The second-order valence-electron chi connectivity index (χ2n) is 5.29.